The molecule has 0 saturated carbocycles. The molecule has 0 aliphatic heterocycles. The SMILES string of the molecule is CCCCCC=CC=CCCCCCCCCC. The van der Waals surface area contributed by atoms with Crippen LogP contribution in [0.1, 0.15) is 90.9 Å². The summed E-state index contributed by atoms with van der Waals surface area (Å²) in [6, 6.07) is 0. The molecule has 106 valence electrons. The summed E-state index contributed by atoms with van der Waals surface area (Å²) in [7, 11) is 0. The molecule has 0 aromatic heterocycles. The molecule has 0 spiro atoms. The summed E-state index contributed by atoms with van der Waals surface area (Å²) in [6.07, 6.45) is 25.5. The Morgan fingerprint density at radius 3 is 1.44 bits per heavy atom. The first-order valence-corrected chi connectivity index (χ1v) is 8.23. The molecule has 0 fully saturated rings. The van der Waals surface area contributed by atoms with Gasteiger partial charge in [-0.25, -0.2) is 0 Å². The van der Waals surface area contributed by atoms with Crippen molar-refractivity contribution >= 4 is 0 Å². The summed E-state index contributed by atoms with van der Waals surface area (Å²) in [5, 5.41) is 0. The average molecular weight is 250 g/mol. The van der Waals surface area contributed by atoms with Crippen LogP contribution in [0.2, 0.25) is 0 Å². The minimum absolute atomic E-state index is 1.25. The fourth-order valence-corrected chi connectivity index (χ4v) is 2.08. The maximum Gasteiger partial charge on any atom is -0.0348 e. The maximum absolute atomic E-state index is 2.32. The van der Waals surface area contributed by atoms with Gasteiger partial charge < -0.3 is 0 Å². The first kappa shape index (κ1) is 17.5. The molecule has 0 atom stereocenters. The Labute approximate surface area is 116 Å². The van der Waals surface area contributed by atoms with Crippen LogP contribution in [-0.4, -0.2) is 0 Å². The number of rotatable bonds is 13. The smallest absolute Gasteiger partial charge is 0.0348 e. The van der Waals surface area contributed by atoms with Crippen molar-refractivity contribution in [3.8, 4) is 0 Å². The summed E-state index contributed by atoms with van der Waals surface area (Å²) in [6.45, 7) is 4.53. The topological polar surface area (TPSA) is 0 Å². The van der Waals surface area contributed by atoms with E-state index in [0.29, 0.717) is 0 Å². The van der Waals surface area contributed by atoms with Crippen molar-refractivity contribution < 1.29 is 0 Å². The van der Waals surface area contributed by atoms with Crippen LogP contribution in [0.25, 0.3) is 0 Å². The Bertz CT molecular complexity index is 188. The van der Waals surface area contributed by atoms with Crippen LogP contribution in [0.15, 0.2) is 24.3 Å². The van der Waals surface area contributed by atoms with E-state index < -0.39 is 0 Å². The molecule has 0 N–H and O–H groups in total. The second kappa shape index (κ2) is 16.5. The van der Waals surface area contributed by atoms with Crippen molar-refractivity contribution in [2.75, 3.05) is 0 Å². The van der Waals surface area contributed by atoms with Gasteiger partial charge in [0.15, 0.2) is 0 Å². The van der Waals surface area contributed by atoms with Gasteiger partial charge in [-0.1, -0.05) is 89.5 Å². The first-order chi connectivity index (χ1) is 8.91. The fraction of sp³-hybridized carbons (Fsp3) is 0.778. The maximum atomic E-state index is 2.32. The van der Waals surface area contributed by atoms with Crippen LogP contribution in [0, 0.1) is 0 Å². The molecule has 0 heterocycles. The van der Waals surface area contributed by atoms with Gasteiger partial charge >= 0.3 is 0 Å². The van der Waals surface area contributed by atoms with Crippen molar-refractivity contribution in [2.45, 2.75) is 90.9 Å². The molecule has 0 bridgehead atoms. The summed E-state index contributed by atoms with van der Waals surface area (Å²) in [5.74, 6) is 0. The van der Waals surface area contributed by atoms with E-state index in [1.54, 1.807) is 0 Å². The fourth-order valence-electron chi connectivity index (χ4n) is 2.08. The largest absolute Gasteiger partial charge is 0.0845 e. The molecular weight excluding hydrogens is 216 g/mol. The van der Waals surface area contributed by atoms with Gasteiger partial charge in [0, 0.05) is 0 Å². The van der Waals surface area contributed by atoms with Crippen molar-refractivity contribution in [3.05, 3.63) is 24.3 Å². The second-order valence-corrected chi connectivity index (χ2v) is 5.26. The zero-order valence-corrected chi connectivity index (χ0v) is 12.8. The molecule has 0 heteroatoms. The van der Waals surface area contributed by atoms with Crippen LogP contribution < -0.4 is 0 Å². The number of hydrogen-bond acceptors (Lipinski definition) is 0. The Balaban J connectivity index is 3.13. The minimum atomic E-state index is 1.25. The van der Waals surface area contributed by atoms with E-state index in [2.05, 4.69) is 38.2 Å². The highest BCUT2D eigenvalue weighted by atomic mass is 13.9. The number of allylic oxidation sites excluding steroid dienone is 4. The van der Waals surface area contributed by atoms with Crippen LogP contribution in [0.5, 0.6) is 0 Å². The minimum Gasteiger partial charge on any atom is -0.0845 e. The summed E-state index contributed by atoms with van der Waals surface area (Å²) < 4.78 is 0. The Kier molecular flexibility index (Phi) is 16.0. The van der Waals surface area contributed by atoms with Gasteiger partial charge in [0.05, 0.1) is 0 Å². The monoisotopic (exact) mass is 250 g/mol. The molecule has 18 heavy (non-hydrogen) atoms. The lowest BCUT2D eigenvalue weighted by molar-refractivity contribution is 0.592. The van der Waals surface area contributed by atoms with Crippen LogP contribution in [0.3, 0.4) is 0 Å². The zero-order chi connectivity index (χ0) is 13.3. The van der Waals surface area contributed by atoms with E-state index in [-0.39, 0.29) is 0 Å². The van der Waals surface area contributed by atoms with E-state index in [4.69, 9.17) is 0 Å². The molecule has 0 radical (unpaired) electrons. The van der Waals surface area contributed by atoms with Crippen molar-refractivity contribution in [1.82, 2.24) is 0 Å². The lowest BCUT2D eigenvalue weighted by Gasteiger charge is -1.98. The van der Waals surface area contributed by atoms with E-state index in [1.807, 2.05) is 0 Å². The van der Waals surface area contributed by atoms with E-state index in [9.17, 15) is 0 Å². The molecule has 0 saturated heterocycles. The zero-order valence-electron chi connectivity index (χ0n) is 12.8. The van der Waals surface area contributed by atoms with E-state index in [1.165, 1.54) is 77.0 Å². The third kappa shape index (κ3) is 15.5. The molecule has 0 aliphatic carbocycles. The van der Waals surface area contributed by atoms with E-state index >= 15 is 0 Å². The first-order valence-electron chi connectivity index (χ1n) is 8.23. The van der Waals surface area contributed by atoms with Gasteiger partial charge in [0.1, 0.15) is 0 Å². The van der Waals surface area contributed by atoms with Crippen molar-refractivity contribution in [1.29, 1.82) is 0 Å². The lowest BCUT2D eigenvalue weighted by Crippen LogP contribution is -1.78. The lowest BCUT2D eigenvalue weighted by atomic mass is 10.1. The van der Waals surface area contributed by atoms with Gasteiger partial charge in [-0.3, -0.25) is 0 Å². The second-order valence-electron chi connectivity index (χ2n) is 5.26. The molecular formula is C18H34. The predicted molar refractivity (Wildman–Crippen MR) is 85.0 cm³/mol. The van der Waals surface area contributed by atoms with Gasteiger partial charge in [0.25, 0.3) is 0 Å². The number of unbranched alkanes of at least 4 members (excludes halogenated alkanes) is 10. The molecule has 0 aromatic rings. The molecule has 0 nitrogen and oxygen atoms in total. The van der Waals surface area contributed by atoms with Crippen molar-refractivity contribution in [2.24, 2.45) is 0 Å². The highest BCUT2D eigenvalue weighted by Gasteiger charge is 1.88. The molecule has 0 aromatic carbocycles. The molecule has 0 amide bonds. The summed E-state index contributed by atoms with van der Waals surface area (Å²) in [4.78, 5) is 0. The van der Waals surface area contributed by atoms with Crippen LogP contribution in [-0.2, 0) is 0 Å². The Morgan fingerprint density at radius 1 is 0.500 bits per heavy atom. The molecule has 0 aliphatic rings. The summed E-state index contributed by atoms with van der Waals surface area (Å²) >= 11 is 0. The normalized spacial score (nSPS) is 11.9. The predicted octanol–water partition coefficient (Wildman–Crippen LogP) is 6.82. The van der Waals surface area contributed by atoms with E-state index in [0.717, 1.165) is 0 Å². The Hall–Kier alpha value is -0.520. The van der Waals surface area contributed by atoms with Crippen LogP contribution in [0.4, 0.5) is 0 Å². The quantitative estimate of drug-likeness (QED) is 0.248. The van der Waals surface area contributed by atoms with Gasteiger partial charge in [-0.05, 0) is 25.7 Å². The summed E-state index contributed by atoms with van der Waals surface area (Å²) in [5.41, 5.74) is 0. The third-order valence-electron chi connectivity index (χ3n) is 3.33. The van der Waals surface area contributed by atoms with Gasteiger partial charge in [-0.2, -0.15) is 0 Å². The van der Waals surface area contributed by atoms with Crippen molar-refractivity contribution in [3.63, 3.8) is 0 Å². The number of hydrogen-bond donors (Lipinski definition) is 0. The van der Waals surface area contributed by atoms with Crippen LogP contribution >= 0.6 is 0 Å². The molecule has 0 unspecified atom stereocenters. The standard InChI is InChI=1S/C18H34/c1-3-5-7-9-11-13-15-17-18-16-14-12-10-8-6-4-2/h11,13,15,17H,3-10,12,14,16,18H2,1-2H3. The highest BCUT2D eigenvalue weighted by Crippen LogP contribution is 2.08. The van der Waals surface area contributed by atoms with Gasteiger partial charge in [-0.15, -0.1) is 0 Å². The van der Waals surface area contributed by atoms with Gasteiger partial charge in [0.2, 0.25) is 0 Å². The highest BCUT2D eigenvalue weighted by molar-refractivity contribution is 5.02. The Morgan fingerprint density at radius 2 is 0.889 bits per heavy atom. The molecule has 0 rings (SSSR count). The average Bonchev–Trinajstić information content (AvgIpc) is 2.39. The third-order valence-corrected chi connectivity index (χ3v) is 3.33.